The van der Waals surface area contributed by atoms with E-state index < -0.39 is 5.97 Å². The van der Waals surface area contributed by atoms with Crippen LogP contribution >= 0.6 is 11.6 Å². The fourth-order valence-corrected chi connectivity index (χ4v) is 2.88. The van der Waals surface area contributed by atoms with Crippen LogP contribution in [-0.2, 0) is 9.53 Å². The average Bonchev–Trinajstić information content (AvgIpc) is 2.67. The number of anilines is 1. The van der Waals surface area contributed by atoms with Gasteiger partial charge in [0.25, 0.3) is 5.91 Å². The molecule has 1 aromatic heterocycles. The highest BCUT2D eigenvalue weighted by Crippen LogP contribution is 2.16. The number of carbonyl (C=O) groups excluding carboxylic acids is 2. The molecule has 0 unspecified atom stereocenters. The van der Waals surface area contributed by atoms with Crippen molar-refractivity contribution in [2.75, 3.05) is 37.7 Å². The van der Waals surface area contributed by atoms with Crippen LogP contribution in [0.3, 0.4) is 0 Å². The standard InChI is InChI=1S/C18H18ClN3O3/c19-17-15(7-4-8-20-17)18(24)25-13-16(23)22-11-9-21(10-12-22)14-5-2-1-3-6-14/h1-8H,9-13H2. The Bertz CT molecular complexity index is 746. The van der Waals surface area contributed by atoms with Gasteiger partial charge in [0.15, 0.2) is 6.61 Å². The molecular weight excluding hydrogens is 342 g/mol. The molecule has 1 aliphatic rings. The van der Waals surface area contributed by atoms with Crippen molar-refractivity contribution in [2.24, 2.45) is 0 Å². The van der Waals surface area contributed by atoms with Gasteiger partial charge >= 0.3 is 5.97 Å². The number of ether oxygens (including phenoxy) is 1. The number of esters is 1. The van der Waals surface area contributed by atoms with Crippen LogP contribution < -0.4 is 4.90 Å². The highest BCUT2D eigenvalue weighted by molar-refractivity contribution is 6.32. The van der Waals surface area contributed by atoms with Crippen molar-refractivity contribution in [3.8, 4) is 0 Å². The molecule has 7 heteroatoms. The number of carbonyl (C=O) groups is 2. The maximum Gasteiger partial charge on any atom is 0.341 e. The van der Waals surface area contributed by atoms with E-state index in [-0.39, 0.29) is 23.2 Å². The monoisotopic (exact) mass is 359 g/mol. The van der Waals surface area contributed by atoms with E-state index in [9.17, 15) is 9.59 Å². The fraction of sp³-hybridized carbons (Fsp3) is 0.278. The van der Waals surface area contributed by atoms with Crippen molar-refractivity contribution in [2.45, 2.75) is 0 Å². The number of hydrogen-bond donors (Lipinski definition) is 0. The van der Waals surface area contributed by atoms with Crippen LogP contribution in [0.15, 0.2) is 48.7 Å². The molecule has 2 heterocycles. The summed E-state index contributed by atoms with van der Waals surface area (Å²) in [5.41, 5.74) is 1.30. The highest BCUT2D eigenvalue weighted by atomic mass is 35.5. The number of rotatable bonds is 4. The minimum atomic E-state index is -0.644. The van der Waals surface area contributed by atoms with Crippen molar-refractivity contribution in [1.82, 2.24) is 9.88 Å². The summed E-state index contributed by atoms with van der Waals surface area (Å²) in [6, 6.07) is 13.2. The number of aromatic nitrogens is 1. The summed E-state index contributed by atoms with van der Waals surface area (Å²) < 4.78 is 5.07. The van der Waals surface area contributed by atoms with E-state index in [0.29, 0.717) is 13.1 Å². The second-order valence-corrected chi connectivity index (χ2v) is 5.98. The lowest BCUT2D eigenvalue weighted by atomic mass is 10.2. The second-order valence-electron chi connectivity index (χ2n) is 5.62. The van der Waals surface area contributed by atoms with Crippen LogP contribution in [0.5, 0.6) is 0 Å². The molecule has 0 radical (unpaired) electrons. The lowest BCUT2D eigenvalue weighted by Gasteiger charge is -2.36. The molecule has 0 saturated carbocycles. The summed E-state index contributed by atoms with van der Waals surface area (Å²) >= 11 is 5.84. The van der Waals surface area contributed by atoms with E-state index in [1.165, 1.54) is 12.3 Å². The number of pyridine rings is 1. The van der Waals surface area contributed by atoms with Gasteiger partial charge in [0.2, 0.25) is 0 Å². The van der Waals surface area contributed by atoms with Crippen molar-refractivity contribution in [3.63, 3.8) is 0 Å². The van der Waals surface area contributed by atoms with E-state index >= 15 is 0 Å². The zero-order chi connectivity index (χ0) is 17.6. The van der Waals surface area contributed by atoms with Crippen LogP contribution in [0.2, 0.25) is 5.15 Å². The number of hydrogen-bond acceptors (Lipinski definition) is 5. The molecule has 130 valence electrons. The van der Waals surface area contributed by atoms with E-state index in [0.717, 1.165) is 18.8 Å². The molecular formula is C18H18ClN3O3. The molecule has 0 N–H and O–H groups in total. The topological polar surface area (TPSA) is 62.7 Å². The first-order valence-corrected chi connectivity index (χ1v) is 8.38. The molecule has 0 spiro atoms. The quantitative estimate of drug-likeness (QED) is 0.619. The molecule has 1 saturated heterocycles. The number of halogens is 1. The molecule has 1 amide bonds. The molecule has 1 fully saturated rings. The molecule has 2 aromatic rings. The summed E-state index contributed by atoms with van der Waals surface area (Å²) in [4.78, 5) is 32.0. The van der Waals surface area contributed by atoms with Crippen LogP contribution in [0.25, 0.3) is 0 Å². The second kappa shape index (κ2) is 7.98. The molecule has 0 bridgehead atoms. The molecule has 1 aromatic carbocycles. The first-order valence-electron chi connectivity index (χ1n) is 8.00. The van der Waals surface area contributed by atoms with Crippen molar-refractivity contribution in [3.05, 3.63) is 59.4 Å². The van der Waals surface area contributed by atoms with Gasteiger partial charge in [-0.1, -0.05) is 29.8 Å². The largest absolute Gasteiger partial charge is 0.452 e. The predicted octanol–water partition coefficient (Wildman–Crippen LogP) is 2.24. The minimum Gasteiger partial charge on any atom is -0.452 e. The van der Waals surface area contributed by atoms with Gasteiger partial charge in [-0.15, -0.1) is 0 Å². The number of para-hydroxylation sites is 1. The van der Waals surface area contributed by atoms with Gasteiger partial charge in [-0.3, -0.25) is 4.79 Å². The third-order valence-corrected chi connectivity index (χ3v) is 4.36. The molecule has 1 aliphatic heterocycles. The third kappa shape index (κ3) is 4.28. The Hall–Kier alpha value is -2.60. The Kier molecular flexibility index (Phi) is 5.50. The van der Waals surface area contributed by atoms with Crippen molar-refractivity contribution < 1.29 is 14.3 Å². The average molecular weight is 360 g/mol. The third-order valence-electron chi connectivity index (χ3n) is 4.06. The minimum absolute atomic E-state index is 0.0661. The highest BCUT2D eigenvalue weighted by Gasteiger charge is 2.22. The van der Waals surface area contributed by atoms with Gasteiger partial charge < -0.3 is 14.5 Å². The number of piperazine rings is 1. The Morgan fingerprint density at radius 3 is 2.44 bits per heavy atom. The van der Waals surface area contributed by atoms with Crippen molar-refractivity contribution in [1.29, 1.82) is 0 Å². The van der Waals surface area contributed by atoms with Gasteiger partial charge in [-0.25, -0.2) is 9.78 Å². The molecule has 6 nitrogen and oxygen atoms in total. The Morgan fingerprint density at radius 2 is 1.76 bits per heavy atom. The first-order chi connectivity index (χ1) is 12.1. The fourth-order valence-electron chi connectivity index (χ4n) is 2.69. The van der Waals surface area contributed by atoms with Gasteiger partial charge in [0.05, 0.1) is 5.56 Å². The van der Waals surface area contributed by atoms with Gasteiger partial charge in [0, 0.05) is 38.1 Å². The summed E-state index contributed by atoms with van der Waals surface area (Å²) in [5.74, 6) is -0.851. The summed E-state index contributed by atoms with van der Waals surface area (Å²) in [5, 5.41) is 0.0661. The molecule has 0 atom stereocenters. The summed E-state index contributed by atoms with van der Waals surface area (Å²) in [6.07, 6.45) is 1.48. The van der Waals surface area contributed by atoms with Crippen LogP contribution in [0, 0.1) is 0 Å². The lowest BCUT2D eigenvalue weighted by Crippen LogP contribution is -2.49. The van der Waals surface area contributed by atoms with Crippen molar-refractivity contribution >= 4 is 29.2 Å². The Balaban J connectivity index is 1.48. The van der Waals surface area contributed by atoms with E-state index in [1.807, 2.05) is 18.2 Å². The zero-order valence-corrected chi connectivity index (χ0v) is 14.4. The Morgan fingerprint density at radius 1 is 1.04 bits per heavy atom. The predicted molar refractivity (Wildman–Crippen MR) is 94.8 cm³/mol. The smallest absolute Gasteiger partial charge is 0.341 e. The summed E-state index contributed by atoms with van der Waals surface area (Å²) in [7, 11) is 0. The number of amides is 1. The molecule has 3 rings (SSSR count). The number of nitrogens with zero attached hydrogens (tertiary/aromatic N) is 3. The lowest BCUT2D eigenvalue weighted by molar-refractivity contribution is -0.134. The summed E-state index contributed by atoms with van der Waals surface area (Å²) in [6.45, 7) is 2.39. The number of benzene rings is 1. The van der Waals surface area contributed by atoms with E-state index in [2.05, 4.69) is 22.0 Å². The van der Waals surface area contributed by atoms with Crippen LogP contribution in [0.1, 0.15) is 10.4 Å². The van der Waals surface area contributed by atoms with Crippen LogP contribution in [0.4, 0.5) is 5.69 Å². The van der Waals surface area contributed by atoms with Gasteiger partial charge in [0.1, 0.15) is 5.15 Å². The van der Waals surface area contributed by atoms with Gasteiger partial charge in [-0.05, 0) is 24.3 Å². The Labute approximate surface area is 151 Å². The SMILES string of the molecule is O=C(OCC(=O)N1CCN(c2ccccc2)CC1)c1cccnc1Cl. The van der Waals surface area contributed by atoms with Gasteiger partial charge in [-0.2, -0.15) is 0 Å². The molecule has 0 aliphatic carbocycles. The van der Waals surface area contributed by atoms with Crippen LogP contribution in [-0.4, -0.2) is 54.5 Å². The van der Waals surface area contributed by atoms with E-state index in [1.54, 1.807) is 11.0 Å². The normalized spacial score (nSPS) is 14.3. The van der Waals surface area contributed by atoms with E-state index in [4.69, 9.17) is 16.3 Å². The maximum atomic E-state index is 12.2. The first kappa shape index (κ1) is 17.2. The molecule has 25 heavy (non-hydrogen) atoms. The zero-order valence-electron chi connectivity index (χ0n) is 13.6. The maximum absolute atomic E-state index is 12.2.